The molecule has 1 heterocycles. The Kier molecular flexibility index (Phi) is 6.59. The van der Waals surface area contributed by atoms with Crippen LogP contribution in [0.4, 0.5) is 5.82 Å². The molecular formula is C22H21N3O5. The van der Waals surface area contributed by atoms with Gasteiger partial charge in [0, 0.05) is 17.2 Å². The van der Waals surface area contributed by atoms with Crippen LogP contribution in [0, 0.1) is 13.8 Å². The molecule has 0 aliphatic carbocycles. The topological polar surface area (TPSA) is 111 Å². The standard InChI is InChI=1S/C22H21N3O5/c1-14-7-6-10-17(11-14)21(27)23-13-19(26)29-20(16-8-4-3-5-9-16)22(28)24-18-12-15(2)30-25-18/h3-12,20H,13H2,1-2H3,(H,23,27)(H,24,25,28). The summed E-state index contributed by atoms with van der Waals surface area (Å²) >= 11 is 0. The molecule has 0 radical (unpaired) electrons. The molecule has 1 unspecified atom stereocenters. The zero-order valence-electron chi connectivity index (χ0n) is 16.5. The number of benzene rings is 2. The fourth-order valence-electron chi connectivity index (χ4n) is 2.73. The van der Waals surface area contributed by atoms with Crippen molar-refractivity contribution in [1.82, 2.24) is 10.5 Å². The molecule has 0 saturated carbocycles. The van der Waals surface area contributed by atoms with E-state index in [1.54, 1.807) is 61.5 Å². The van der Waals surface area contributed by atoms with Crippen LogP contribution in [0.2, 0.25) is 0 Å². The van der Waals surface area contributed by atoms with Crippen molar-refractivity contribution in [1.29, 1.82) is 0 Å². The first-order valence-electron chi connectivity index (χ1n) is 9.26. The molecule has 0 saturated heterocycles. The van der Waals surface area contributed by atoms with Crippen molar-refractivity contribution in [2.75, 3.05) is 11.9 Å². The Bertz CT molecular complexity index is 1050. The van der Waals surface area contributed by atoms with Gasteiger partial charge in [0.05, 0.1) is 0 Å². The number of carbonyl (C=O) groups excluding carboxylic acids is 3. The molecule has 0 spiro atoms. The van der Waals surface area contributed by atoms with Gasteiger partial charge in [-0.05, 0) is 26.0 Å². The van der Waals surface area contributed by atoms with Gasteiger partial charge in [-0.1, -0.05) is 53.2 Å². The zero-order valence-corrected chi connectivity index (χ0v) is 16.5. The molecule has 8 heteroatoms. The minimum absolute atomic E-state index is 0.210. The number of amides is 2. The van der Waals surface area contributed by atoms with Crippen LogP contribution in [0.25, 0.3) is 0 Å². The molecule has 3 aromatic rings. The summed E-state index contributed by atoms with van der Waals surface area (Å²) in [5, 5.41) is 8.76. The second-order valence-electron chi connectivity index (χ2n) is 6.64. The Morgan fingerprint density at radius 3 is 2.47 bits per heavy atom. The van der Waals surface area contributed by atoms with Gasteiger partial charge >= 0.3 is 5.97 Å². The summed E-state index contributed by atoms with van der Waals surface area (Å²) in [7, 11) is 0. The maximum atomic E-state index is 12.7. The van der Waals surface area contributed by atoms with Crippen molar-refractivity contribution < 1.29 is 23.6 Å². The fraction of sp³-hybridized carbons (Fsp3) is 0.182. The quantitative estimate of drug-likeness (QED) is 0.583. The lowest BCUT2D eigenvalue weighted by Crippen LogP contribution is -2.33. The molecule has 154 valence electrons. The Balaban J connectivity index is 1.65. The second kappa shape index (κ2) is 9.51. The maximum absolute atomic E-state index is 12.7. The highest BCUT2D eigenvalue weighted by Gasteiger charge is 2.26. The number of hydrogen-bond donors (Lipinski definition) is 2. The predicted octanol–water partition coefficient (Wildman–Crippen LogP) is 2.94. The molecule has 2 amide bonds. The van der Waals surface area contributed by atoms with Gasteiger partial charge in [-0.2, -0.15) is 0 Å². The van der Waals surface area contributed by atoms with Crippen LogP contribution in [-0.2, 0) is 14.3 Å². The molecule has 3 rings (SSSR count). The van der Waals surface area contributed by atoms with Crippen molar-refractivity contribution in [3.63, 3.8) is 0 Å². The van der Waals surface area contributed by atoms with E-state index in [-0.39, 0.29) is 12.4 Å². The van der Waals surface area contributed by atoms with Crippen molar-refractivity contribution in [2.24, 2.45) is 0 Å². The number of nitrogens with one attached hydrogen (secondary N) is 2. The number of aryl methyl sites for hydroxylation is 2. The third-order valence-corrected chi connectivity index (χ3v) is 4.14. The van der Waals surface area contributed by atoms with Gasteiger partial charge in [-0.3, -0.25) is 14.4 Å². The lowest BCUT2D eigenvalue weighted by atomic mass is 10.1. The molecule has 8 nitrogen and oxygen atoms in total. The highest BCUT2D eigenvalue weighted by atomic mass is 16.5. The normalized spacial score (nSPS) is 11.4. The minimum atomic E-state index is -1.22. The van der Waals surface area contributed by atoms with E-state index in [1.807, 2.05) is 13.0 Å². The number of ether oxygens (including phenoxy) is 1. The van der Waals surface area contributed by atoms with E-state index < -0.39 is 23.9 Å². The number of anilines is 1. The van der Waals surface area contributed by atoms with Crippen LogP contribution in [0.15, 0.2) is 65.2 Å². The van der Waals surface area contributed by atoms with Crippen LogP contribution < -0.4 is 10.6 Å². The highest BCUT2D eigenvalue weighted by molar-refractivity contribution is 5.97. The first-order valence-corrected chi connectivity index (χ1v) is 9.26. The fourth-order valence-corrected chi connectivity index (χ4v) is 2.73. The molecule has 0 bridgehead atoms. The van der Waals surface area contributed by atoms with Crippen LogP contribution in [0.3, 0.4) is 0 Å². The summed E-state index contributed by atoms with van der Waals surface area (Å²) in [5.41, 5.74) is 1.84. The van der Waals surface area contributed by atoms with Gasteiger partial charge in [-0.15, -0.1) is 0 Å². The first kappa shape index (κ1) is 20.8. The van der Waals surface area contributed by atoms with E-state index in [0.717, 1.165) is 5.56 Å². The van der Waals surface area contributed by atoms with Gasteiger partial charge in [0.25, 0.3) is 11.8 Å². The molecule has 0 aliphatic heterocycles. The Labute approximate surface area is 173 Å². The Morgan fingerprint density at radius 1 is 1.03 bits per heavy atom. The van der Waals surface area contributed by atoms with E-state index in [9.17, 15) is 14.4 Å². The summed E-state index contributed by atoms with van der Waals surface area (Å²) in [6.07, 6.45) is -1.22. The lowest BCUT2D eigenvalue weighted by Gasteiger charge is -2.17. The third kappa shape index (κ3) is 5.54. The largest absolute Gasteiger partial charge is 0.446 e. The summed E-state index contributed by atoms with van der Waals surface area (Å²) in [6.45, 7) is 3.17. The highest BCUT2D eigenvalue weighted by Crippen LogP contribution is 2.20. The van der Waals surface area contributed by atoms with Crippen LogP contribution in [-0.4, -0.2) is 29.5 Å². The number of esters is 1. The maximum Gasteiger partial charge on any atom is 0.326 e. The Morgan fingerprint density at radius 2 is 1.80 bits per heavy atom. The van der Waals surface area contributed by atoms with Crippen molar-refractivity contribution in [3.8, 4) is 0 Å². The molecule has 0 aliphatic rings. The summed E-state index contributed by atoms with van der Waals surface area (Å²) in [5.74, 6) is -1.02. The van der Waals surface area contributed by atoms with Gasteiger partial charge in [-0.25, -0.2) is 0 Å². The summed E-state index contributed by atoms with van der Waals surface area (Å²) < 4.78 is 10.3. The molecule has 2 N–H and O–H groups in total. The molecule has 1 atom stereocenters. The minimum Gasteiger partial charge on any atom is -0.446 e. The Hall–Kier alpha value is -3.94. The molecule has 2 aromatic carbocycles. The number of carbonyl (C=O) groups is 3. The van der Waals surface area contributed by atoms with Gasteiger partial charge in [0.2, 0.25) is 6.10 Å². The SMILES string of the molecule is Cc1cccc(C(=O)NCC(=O)OC(C(=O)Nc2cc(C)on2)c2ccccc2)c1. The average molecular weight is 407 g/mol. The van der Waals surface area contributed by atoms with E-state index >= 15 is 0 Å². The number of nitrogens with zero attached hydrogens (tertiary/aromatic N) is 1. The summed E-state index contributed by atoms with van der Waals surface area (Å²) in [6, 6.07) is 17.1. The number of hydrogen-bond acceptors (Lipinski definition) is 6. The van der Waals surface area contributed by atoms with Crippen molar-refractivity contribution in [3.05, 3.63) is 83.1 Å². The summed E-state index contributed by atoms with van der Waals surface area (Å²) in [4.78, 5) is 37.3. The van der Waals surface area contributed by atoms with Crippen LogP contribution in [0.1, 0.15) is 33.3 Å². The molecule has 0 fully saturated rings. The van der Waals surface area contributed by atoms with E-state index in [4.69, 9.17) is 9.26 Å². The van der Waals surface area contributed by atoms with Crippen molar-refractivity contribution >= 4 is 23.6 Å². The van der Waals surface area contributed by atoms with E-state index in [0.29, 0.717) is 16.9 Å². The zero-order chi connectivity index (χ0) is 21.5. The molecule has 1 aromatic heterocycles. The predicted molar refractivity (Wildman–Crippen MR) is 109 cm³/mol. The van der Waals surface area contributed by atoms with Gasteiger partial charge in [0.15, 0.2) is 5.82 Å². The van der Waals surface area contributed by atoms with Crippen LogP contribution in [0.5, 0.6) is 0 Å². The number of aromatic nitrogens is 1. The monoisotopic (exact) mass is 407 g/mol. The van der Waals surface area contributed by atoms with E-state index in [2.05, 4.69) is 15.8 Å². The molecule has 30 heavy (non-hydrogen) atoms. The van der Waals surface area contributed by atoms with Crippen LogP contribution >= 0.6 is 0 Å². The smallest absolute Gasteiger partial charge is 0.326 e. The second-order valence-corrected chi connectivity index (χ2v) is 6.64. The van der Waals surface area contributed by atoms with Crippen molar-refractivity contribution in [2.45, 2.75) is 20.0 Å². The molecular weight excluding hydrogens is 386 g/mol. The van der Waals surface area contributed by atoms with Gasteiger partial charge < -0.3 is 19.9 Å². The lowest BCUT2D eigenvalue weighted by molar-refractivity contribution is -0.153. The first-order chi connectivity index (χ1) is 14.4. The average Bonchev–Trinajstić information content (AvgIpc) is 3.15. The van der Waals surface area contributed by atoms with E-state index in [1.165, 1.54) is 0 Å². The third-order valence-electron chi connectivity index (χ3n) is 4.14. The van der Waals surface area contributed by atoms with Gasteiger partial charge in [0.1, 0.15) is 12.3 Å². The number of rotatable bonds is 7.